The number of esters is 2. The van der Waals surface area contributed by atoms with E-state index in [1.54, 1.807) is 19.9 Å². The Morgan fingerprint density at radius 1 is 0.828 bits per heavy atom. The molecule has 3 rings (SSSR count). The molecule has 8 heteroatoms. The number of aromatic amines is 2. The second-order valence-electron chi connectivity index (χ2n) is 6.49. The van der Waals surface area contributed by atoms with E-state index in [0.717, 1.165) is 18.1 Å². The molecule has 2 N–H and O–H groups in total. The maximum absolute atomic E-state index is 12.9. The summed E-state index contributed by atoms with van der Waals surface area (Å²) in [5.74, 6) is -1.32. The van der Waals surface area contributed by atoms with Crippen LogP contribution in [0.2, 0.25) is 0 Å². The maximum atomic E-state index is 12.9. The zero-order valence-corrected chi connectivity index (χ0v) is 16.5. The number of aromatic nitrogens is 2. The Kier molecular flexibility index (Phi) is 5.81. The number of carbonyl (C=O) groups excluding carboxylic acids is 2. The van der Waals surface area contributed by atoms with Gasteiger partial charge in [-0.1, -0.05) is 13.3 Å². The van der Waals surface area contributed by atoms with Gasteiger partial charge in [0.1, 0.15) is 11.4 Å². The van der Waals surface area contributed by atoms with Gasteiger partial charge < -0.3 is 19.4 Å². The van der Waals surface area contributed by atoms with Crippen LogP contribution in [0.4, 0.5) is 0 Å². The number of carbonyl (C=O) groups is 2. The number of aryl methyl sites for hydroxylation is 1. The van der Waals surface area contributed by atoms with Gasteiger partial charge in [0.05, 0.1) is 29.6 Å². The van der Waals surface area contributed by atoms with Crippen molar-refractivity contribution in [3.63, 3.8) is 0 Å². The molecule has 0 fully saturated rings. The second-order valence-corrected chi connectivity index (χ2v) is 6.49. The van der Waals surface area contributed by atoms with Crippen molar-refractivity contribution in [2.24, 2.45) is 0 Å². The summed E-state index contributed by atoms with van der Waals surface area (Å²) in [7, 11) is 0. The van der Waals surface area contributed by atoms with E-state index in [1.807, 2.05) is 6.92 Å². The number of nitrogens with one attached hydrogen (secondary N) is 2. The molecule has 0 atom stereocenters. The van der Waals surface area contributed by atoms with E-state index >= 15 is 0 Å². The summed E-state index contributed by atoms with van der Waals surface area (Å²) in [5.41, 5.74) is 0.537. The molecule has 8 nitrogen and oxygen atoms in total. The lowest BCUT2D eigenvalue weighted by Crippen LogP contribution is -2.17. The van der Waals surface area contributed by atoms with Gasteiger partial charge >= 0.3 is 11.9 Å². The number of ether oxygens (including phenoxy) is 2. The Labute approximate surface area is 165 Å². The third kappa shape index (κ3) is 3.78. The Hall–Kier alpha value is -3.42. The number of benzene rings is 1. The average Bonchev–Trinajstić information content (AvgIpc) is 2.68. The summed E-state index contributed by atoms with van der Waals surface area (Å²) >= 11 is 0. The largest absolute Gasteiger partial charge is 0.461 e. The van der Waals surface area contributed by atoms with Crippen LogP contribution < -0.4 is 10.9 Å². The summed E-state index contributed by atoms with van der Waals surface area (Å²) in [4.78, 5) is 55.7. The van der Waals surface area contributed by atoms with Crippen LogP contribution in [0.5, 0.6) is 0 Å². The smallest absolute Gasteiger partial charge is 0.354 e. The molecule has 2 aromatic heterocycles. The maximum Gasteiger partial charge on any atom is 0.354 e. The molecule has 0 saturated heterocycles. The molecule has 0 aliphatic heterocycles. The molecular weight excluding hydrogens is 376 g/mol. The van der Waals surface area contributed by atoms with Gasteiger partial charge in [-0.3, -0.25) is 9.59 Å². The van der Waals surface area contributed by atoms with Crippen LogP contribution in [0.25, 0.3) is 21.8 Å². The minimum atomic E-state index is -0.683. The first-order valence-corrected chi connectivity index (χ1v) is 9.51. The average molecular weight is 398 g/mol. The van der Waals surface area contributed by atoms with Crippen molar-refractivity contribution in [2.75, 3.05) is 13.2 Å². The summed E-state index contributed by atoms with van der Waals surface area (Å²) in [6.45, 7) is 5.63. The van der Waals surface area contributed by atoms with E-state index in [1.165, 1.54) is 6.07 Å². The molecule has 2 heterocycles. The number of hydrogen-bond donors (Lipinski definition) is 2. The fourth-order valence-corrected chi connectivity index (χ4v) is 3.31. The van der Waals surface area contributed by atoms with Gasteiger partial charge in [-0.05, 0) is 31.9 Å². The SMILES string of the molecule is CCCc1cc2c(=O)cc(C(=O)OCC)[nH]c2c2c(=O)cc(C(=O)OCC)[nH]c12. The Bertz CT molecular complexity index is 1220. The standard InChI is InChI=1S/C21H22N2O6/c1-4-7-11-8-12-15(24)9-13(20(26)28-5-2)23-19(12)17-16(25)10-14(22-18(11)17)21(27)29-6-3/h8-10H,4-7H2,1-3H3,(H,22,25)(H,23,24). The Balaban J connectivity index is 2.41. The topological polar surface area (TPSA) is 118 Å². The molecule has 0 unspecified atom stereocenters. The van der Waals surface area contributed by atoms with E-state index in [4.69, 9.17) is 9.47 Å². The molecule has 3 aromatic rings. The lowest BCUT2D eigenvalue weighted by atomic mass is 10.00. The molecule has 29 heavy (non-hydrogen) atoms. The van der Waals surface area contributed by atoms with E-state index in [-0.39, 0.29) is 35.5 Å². The fourth-order valence-electron chi connectivity index (χ4n) is 3.31. The minimum Gasteiger partial charge on any atom is -0.461 e. The van der Waals surface area contributed by atoms with Gasteiger partial charge in [-0.25, -0.2) is 9.59 Å². The van der Waals surface area contributed by atoms with Crippen LogP contribution in [0.1, 0.15) is 53.7 Å². The van der Waals surface area contributed by atoms with E-state index < -0.39 is 22.8 Å². The molecule has 0 amide bonds. The van der Waals surface area contributed by atoms with Crippen LogP contribution >= 0.6 is 0 Å². The lowest BCUT2D eigenvalue weighted by molar-refractivity contribution is 0.0510. The normalized spacial score (nSPS) is 11.0. The summed E-state index contributed by atoms with van der Waals surface area (Å²) in [6, 6.07) is 3.99. The molecule has 0 aliphatic rings. The van der Waals surface area contributed by atoms with Crippen LogP contribution in [0.15, 0.2) is 27.8 Å². The highest BCUT2D eigenvalue weighted by Gasteiger charge is 2.19. The zero-order valence-electron chi connectivity index (χ0n) is 16.5. The van der Waals surface area contributed by atoms with Gasteiger partial charge in [0.2, 0.25) is 0 Å². The van der Waals surface area contributed by atoms with Gasteiger partial charge in [0, 0.05) is 17.5 Å². The van der Waals surface area contributed by atoms with Crippen molar-refractivity contribution >= 4 is 33.7 Å². The number of rotatable bonds is 6. The lowest BCUT2D eigenvalue weighted by Gasteiger charge is -2.12. The van der Waals surface area contributed by atoms with E-state index in [2.05, 4.69) is 9.97 Å². The van der Waals surface area contributed by atoms with Crippen molar-refractivity contribution in [1.82, 2.24) is 9.97 Å². The molecular formula is C21H22N2O6. The monoisotopic (exact) mass is 398 g/mol. The van der Waals surface area contributed by atoms with Crippen LogP contribution in [0.3, 0.4) is 0 Å². The summed E-state index contributed by atoms with van der Waals surface area (Å²) in [5, 5.41) is 0.505. The van der Waals surface area contributed by atoms with Gasteiger partial charge in [0.25, 0.3) is 0 Å². The van der Waals surface area contributed by atoms with E-state index in [0.29, 0.717) is 17.3 Å². The second kappa shape index (κ2) is 8.30. The number of hydrogen-bond acceptors (Lipinski definition) is 6. The van der Waals surface area contributed by atoms with Crippen molar-refractivity contribution in [3.05, 3.63) is 55.6 Å². The summed E-state index contributed by atoms with van der Waals surface area (Å²) < 4.78 is 9.95. The van der Waals surface area contributed by atoms with Crippen LogP contribution in [-0.4, -0.2) is 35.1 Å². The number of pyridine rings is 2. The Morgan fingerprint density at radius 3 is 1.93 bits per heavy atom. The quantitative estimate of drug-likeness (QED) is 0.487. The first-order valence-electron chi connectivity index (χ1n) is 9.51. The highest BCUT2D eigenvalue weighted by atomic mass is 16.5. The summed E-state index contributed by atoms with van der Waals surface area (Å²) in [6.07, 6.45) is 1.36. The molecule has 0 radical (unpaired) electrons. The third-order valence-electron chi connectivity index (χ3n) is 4.50. The van der Waals surface area contributed by atoms with Gasteiger partial charge in [0.15, 0.2) is 10.9 Å². The van der Waals surface area contributed by atoms with Crippen LogP contribution in [0, 0.1) is 0 Å². The van der Waals surface area contributed by atoms with Crippen molar-refractivity contribution < 1.29 is 19.1 Å². The van der Waals surface area contributed by atoms with E-state index in [9.17, 15) is 19.2 Å². The predicted octanol–water partition coefficient (Wildman–Crippen LogP) is 2.68. The van der Waals surface area contributed by atoms with Crippen molar-refractivity contribution in [1.29, 1.82) is 0 Å². The molecule has 0 saturated carbocycles. The molecule has 0 spiro atoms. The number of fused-ring (bicyclic) bond motifs is 3. The first-order chi connectivity index (χ1) is 13.9. The third-order valence-corrected chi connectivity index (χ3v) is 4.50. The minimum absolute atomic E-state index is 0.0324. The van der Waals surface area contributed by atoms with Gasteiger partial charge in [-0.15, -0.1) is 0 Å². The first kappa shape index (κ1) is 20.3. The highest BCUT2D eigenvalue weighted by Crippen LogP contribution is 2.24. The molecule has 1 aromatic carbocycles. The Morgan fingerprint density at radius 2 is 1.38 bits per heavy atom. The zero-order chi connectivity index (χ0) is 21.1. The molecule has 0 bridgehead atoms. The van der Waals surface area contributed by atoms with Crippen molar-refractivity contribution in [3.8, 4) is 0 Å². The van der Waals surface area contributed by atoms with Crippen LogP contribution in [-0.2, 0) is 15.9 Å². The van der Waals surface area contributed by atoms with Crippen molar-refractivity contribution in [2.45, 2.75) is 33.6 Å². The highest BCUT2D eigenvalue weighted by molar-refractivity contribution is 6.07. The predicted molar refractivity (Wildman–Crippen MR) is 109 cm³/mol. The molecule has 0 aliphatic carbocycles. The van der Waals surface area contributed by atoms with Gasteiger partial charge in [-0.2, -0.15) is 0 Å². The molecule has 152 valence electrons. The fraction of sp³-hybridized carbons (Fsp3) is 0.333. The number of H-pyrrole nitrogens is 2.